The number of carbonyl (C=O) groups is 1. The molecule has 1 amide bonds. The van der Waals surface area contributed by atoms with Crippen molar-refractivity contribution in [1.29, 1.82) is 0 Å². The second-order valence-corrected chi connectivity index (χ2v) is 7.07. The van der Waals surface area contributed by atoms with Crippen LogP contribution in [-0.2, 0) is 6.54 Å². The third-order valence-electron chi connectivity index (χ3n) is 4.92. The Kier molecular flexibility index (Phi) is 6.28. The molecule has 3 heterocycles. The SMILES string of the molecule is CC1CCN(CCCNC(=O)c2ccc(Cn3ccccc3=O)o2)CC1. The molecule has 0 aliphatic carbocycles. The molecule has 1 aliphatic heterocycles. The van der Waals surface area contributed by atoms with Crippen LogP contribution in [0.15, 0.2) is 45.7 Å². The summed E-state index contributed by atoms with van der Waals surface area (Å²) >= 11 is 0. The van der Waals surface area contributed by atoms with Crippen LogP contribution in [0.1, 0.15) is 42.5 Å². The Labute approximate surface area is 153 Å². The Balaban J connectivity index is 1.42. The lowest BCUT2D eigenvalue weighted by Gasteiger charge is -2.30. The van der Waals surface area contributed by atoms with Crippen molar-refractivity contribution in [3.8, 4) is 0 Å². The standard InChI is InChI=1S/C20H27N3O3/c1-16-8-13-22(14-9-16)11-4-10-21-20(25)18-7-6-17(26-18)15-23-12-3-2-5-19(23)24/h2-3,5-7,12,16H,4,8-11,13-15H2,1H3,(H,21,25). The van der Waals surface area contributed by atoms with Crippen molar-refractivity contribution in [3.05, 3.63) is 58.4 Å². The first-order chi connectivity index (χ1) is 12.6. The Bertz CT molecular complexity index is 772. The summed E-state index contributed by atoms with van der Waals surface area (Å²) in [7, 11) is 0. The molecular formula is C20H27N3O3. The molecule has 0 spiro atoms. The van der Waals surface area contributed by atoms with E-state index >= 15 is 0 Å². The largest absolute Gasteiger partial charge is 0.454 e. The van der Waals surface area contributed by atoms with Gasteiger partial charge >= 0.3 is 0 Å². The topological polar surface area (TPSA) is 67.5 Å². The molecule has 26 heavy (non-hydrogen) atoms. The van der Waals surface area contributed by atoms with Gasteiger partial charge in [0.15, 0.2) is 5.76 Å². The summed E-state index contributed by atoms with van der Waals surface area (Å²) in [4.78, 5) is 26.4. The quantitative estimate of drug-likeness (QED) is 0.773. The zero-order chi connectivity index (χ0) is 18.4. The lowest BCUT2D eigenvalue weighted by molar-refractivity contribution is 0.0921. The number of amides is 1. The zero-order valence-electron chi connectivity index (χ0n) is 15.3. The number of hydrogen-bond acceptors (Lipinski definition) is 4. The average Bonchev–Trinajstić information content (AvgIpc) is 3.11. The highest BCUT2D eigenvalue weighted by atomic mass is 16.4. The second kappa shape index (κ2) is 8.85. The minimum Gasteiger partial charge on any atom is -0.454 e. The van der Waals surface area contributed by atoms with E-state index in [4.69, 9.17) is 4.42 Å². The highest BCUT2D eigenvalue weighted by molar-refractivity contribution is 5.91. The van der Waals surface area contributed by atoms with Crippen LogP contribution in [0.25, 0.3) is 0 Å². The zero-order valence-corrected chi connectivity index (χ0v) is 15.3. The van der Waals surface area contributed by atoms with E-state index < -0.39 is 0 Å². The maximum absolute atomic E-state index is 12.2. The summed E-state index contributed by atoms with van der Waals surface area (Å²) in [6.45, 7) is 6.61. The Morgan fingerprint density at radius 3 is 2.81 bits per heavy atom. The van der Waals surface area contributed by atoms with Gasteiger partial charge in [0, 0.05) is 18.8 Å². The Hall–Kier alpha value is -2.34. The smallest absolute Gasteiger partial charge is 0.286 e. The number of hydrogen-bond donors (Lipinski definition) is 1. The number of rotatable bonds is 7. The minimum atomic E-state index is -0.205. The van der Waals surface area contributed by atoms with E-state index in [0.717, 1.165) is 32.0 Å². The molecule has 0 aromatic carbocycles. The monoisotopic (exact) mass is 357 g/mol. The van der Waals surface area contributed by atoms with Gasteiger partial charge in [-0.05, 0) is 63.0 Å². The lowest BCUT2D eigenvalue weighted by Crippen LogP contribution is -2.35. The molecule has 0 radical (unpaired) electrons. The van der Waals surface area contributed by atoms with Crippen LogP contribution in [0, 0.1) is 5.92 Å². The number of piperidine rings is 1. The van der Waals surface area contributed by atoms with Crippen LogP contribution >= 0.6 is 0 Å². The summed E-state index contributed by atoms with van der Waals surface area (Å²) in [5, 5.41) is 2.91. The van der Waals surface area contributed by atoms with Crippen molar-refractivity contribution in [2.24, 2.45) is 5.92 Å². The van der Waals surface area contributed by atoms with Crippen molar-refractivity contribution >= 4 is 5.91 Å². The fraction of sp³-hybridized carbons (Fsp3) is 0.500. The van der Waals surface area contributed by atoms with Gasteiger partial charge in [-0.1, -0.05) is 13.0 Å². The molecule has 3 rings (SSSR count). The van der Waals surface area contributed by atoms with Crippen molar-refractivity contribution in [3.63, 3.8) is 0 Å². The third-order valence-corrected chi connectivity index (χ3v) is 4.92. The average molecular weight is 357 g/mol. The van der Waals surface area contributed by atoms with Crippen LogP contribution in [-0.4, -0.2) is 41.6 Å². The van der Waals surface area contributed by atoms with Gasteiger partial charge in [0.05, 0.1) is 6.54 Å². The van der Waals surface area contributed by atoms with Crippen molar-refractivity contribution < 1.29 is 9.21 Å². The maximum atomic E-state index is 12.2. The first-order valence-corrected chi connectivity index (χ1v) is 9.36. The first-order valence-electron chi connectivity index (χ1n) is 9.36. The summed E-state index contributed by atoms with van der Waals surface area (Å²) in [5.41, 5.74) is -0.0954. The predicted molar refractivity (Wildman–Crippen MR) is 100 cm³/mol. The van der Waals surface area contributed by atoms with E-state index in [1.807, 2.05) is 0 Å². The van der Waals surface area contributed by atoms with Gasteiger partial charge in [-0.15, -0.1) is 0 Å². The fourth-order valence-corrected chi connectivity index (χ4v) is 3.22. The fourth-order valence-electron chi connectivity index (χ4n) is 3.22. The number of furan rings is 1. The molecule has 1 saturated heterocycles. The number of nitrogens with one attached hydrogen (secondary N) is 1. The molecule has 140 valence electrons. The van der Waals surface area contributed by atoms with E-state index in [-0.39, 0.29) is 17.2 Å². The van der Waals surface area contributed by atoms with Gasteiger partial charge in [-0.25, -0.2) is 0 Å². The summed E-state index contributed by atoms with van der Waals surface area (Å²) < 4.78 is 7.12. The molecule has 1 aliphatic rings. The van der Waals surface area contributed by atoms with Crippen molar-refractivity contribution in [2.45, 2.75) is 32.7 Å². The van der Waals surface area contributed by atoms with Gasteiger partial charge in [-0.3, -0.25) is 9.59 Å². The van der Waals surface area contributed by atoms with Gasteiger partial charge in [0.25, 0.3) is 11.5 Å². The molecule has 6 heteroatoms. The highest BCUT2D eigenvalue weighted by Crippen LogP contribution is 2.15. The number of likely N-dealkylation sites (tertiary alicyclic amines) is 1. The number of carbonyl (C=O) groups excluding carboxylic acids is 1. The predicted octanol–water partition coefficient (Wildman–Crippen LogP) is 2.34. The molecule has 1 fully saturated rings. The number of nitrogens with zero attached hydrogens (tertiary/aromatic N) is 2. The molecule has 2 aromatic rings. The van der Waals surface area contributed by atoms with E-state index in [1.165, 1.54) is 18.9 Å². The van der Waals surface area contributed by atoms with Gasteiger partial charge in [0.1, 0.15) is 5.76 Å². The second-order valence-electron chi connectivity index (χ2n) is 7.07. The van der Waals surface area contributed by atoms with Crippen molar-refractivity contribution in [2.75, 3.05) is 26.2 Å². The van der Waals surface area contributed by atoms with Crippen molar-refractivity contribution in [1.82, 2.24) is 14.8 Å². The number of aromatic nitrogens is 1. The third kappa shape index (κ3) is 5.08. The molecular weight excluding hydrogens is 330 g/mol. The van der Waals surface area contributed by atoms with Crippen LogP contribution < -0.4 is 10.9 Å². The highest BCUT2D eigenvalue weighted by Gasteiger charge is 2.15. The Morgan fingerprint density at radius 1 is 1.23 bits per heavy atom. The van der Waals surface area contributed by atoms with Crippen LogP contribution in [0.5, 0.6) is 0 Å². The molecule has 0 unspecified atom stereocenters. The van der Waals surface area contributed by atoms with Gasteiger partial charge in [-0.2, -0.15) is 0 Å². The molecule has 1 N–H and O–H groups in total. The van der Waals surface area contributed by atoms with Gasteiger partial charge < -0.3 is 19.2 Å². The lowest BCUT2D eigenvalue weighted by atomic mass is 9.99. The summed E-state index contributed by atoms with van der Waals surface area (Å²) in [5.74, 6) is 1.51. The summed E-state index contributed by atoms with van der Waals surface area (Å²) in [6, 6.07) is 8.39. The maximum Gasteiger partial charge on any atom is 0.286 e. The molecule has 0 saturated carbocycles. The normalized spacial score (nSPS) is 15.9. The number of pyridine rings is 1. The molecule has 0 bridgehead atoms. The van der Waals surface area contributed by atoms with Crippen LogP contribution in [0.3, 0.4) is 0 Å². The minimum absolute atomic E-state index is 0.0954. The molecule has 2 aromatic heterocycles. The van der Waals surface area contributed by atoms with Gasteiger partial charge in [0.2, 0.25) is 0 Å². The van der Waals surface area contributed by atoms with E-state index in [9.17, 15) is 9.59 Å². The van der Waals surface area contributed by atoms with Crippen LogP contribution in [0.2, 0.25) is 0 Å². The van der Waals surface area contributed by atoms with Crippen LogP contribution in [0.4, 0.5) is 0 Å². The first kappa shape index (κ1) is 18.5. The Morgan fingerprint density at radius 2 is 2.04 bits per heavy atom. The summed E-state index contributed by atoms with van der Waals surface area (Å²) in [6.07, 6.45) is 5.18. The molecule has 0 atom stereocenters. The van der Waals surface area contributed by atoms with E-state index in [0.29, 0.717) is 18.8 Å². The van der Waals surface area contributed by atoms with E-state index in [1.54, 1.807) is 35.0 Å². The van der Waals surface area contributed by atoms with E-state index in [2.05, 4.69) is 17.1 Å². The molecule has 6 nitrogen and oxygen atoms in total.